The van der Waals surface area contributed by atoms with Crippen molar-refractivity contribution < 1.29 is 43.6 Å². The summed E-state index contributed by atoms with van der Waals surface area (Å²) in [6.45, 7) is 8.20. The van der Waals surface area contributed by atoms with Crippen LogP contribution in [0.25, 0.3) is 16.8 Å². The Morgan fingerprint density at radius 2 is 1.45 bits per heavy atom. The Labute approximate surface area is 336 Å². The number of nitrogens with zero attached hydrogens (tertiary/aromatic N) is 4. The van der Waals surface area contributed by atoms with Crippen molar-refractivity contribution in [2.24, 2.45) is 4.99 Å². The average molecular weight is 798 g/mol. The second-order valence-electron chi connectivity index (χ2n) is 15.9. The molecular formula is C42H51N7O9. The second kappa shape index (κ2) is 16.3. The zero-order valence-electron chi connectivity index (χ0n) is 33.6. The van der Waals surface area contributed by atoms with Crippen molar-refractivity contribution in [3.05, 3.63) is 71.3 Å². The number of methoxy groups -OCH3 is 2. The molecule has 2 saturated heterocycles. The minimum atomic E-state index is -1.15. The molecule has 0 aliphatic carbocycles. The van der Waals surface area contributed by atoms with Gasteiger partial charge in [0.1, 0.15) is 29.4 Å². The highest BCUT2D eigenvalue weighted by Gasteiger charge is 2.41. The second-order valence-corrected chi connectivity index (χ2v) is 15.9. The van der Waals surface area contributed by atoms with Crippen molar-refractivity contribution >= 4 is 35.3 Å². The lowest BCUT2D eigenvalue weighted by molar-refractivity contribution is -0.137. The van der Waals surface area contributed by atoms with Crippen molar-refractivity contribution in [3.63, 3.8) is 0 Å². The number of H-pyrrole nitrogens is 1. The highest BCUT2D eigenvalue weighted by atomic mass is 16.5. The van der Waals surface area contributed by atoms with Gasteiger partial charge < -0.3 is 49.8 Å². The van der Waals surface area contributed by atoms with Crippen LogP contribution in [0, 0.1) is 0 Å². The van der Waals surface area contributed by atoms with Crippen LogP contribution in [0.15, 0.2) is 53.8 Å². The fraction of sp³-hybridized carbons (Fsp3) is 0.476. The number of aliphatic hydroxyl groups excluding tert-OH is 2. The van der Waals surface area contributed by atoms with Gasteiger partial charge in [0.25, 0.3) is 0 Å². The first-order chi connectivity index (χ1) is 27.7. The largest absolute Gasteiger partial charge is 0.457 e. The van der Waals surface area contributed by atoms with Gasteiger partial charge in [-0.15, -0.1) is 0 Å². The summed E-state index contributed by atoms with van der Waals surface area (Å²) >= 11 is 0. The molecule has 0 spiro atoms. The van der Waals surface area contributed by atoms with E-state index in [0.717, 1.165) is 70.0 Å². The van der Waals surface area contributed by atoms with Crippen LogP contribution in [0.2, 0.25) is 0 Å². The van der Waals surface area contributed by atoms with Crippen LogP contribution in [-0.4, -0.2) is 117 Å². The summed E-state index contributed by atoms with van der Waals surface area (Å²) < 4.78 is 15.9. The molecule has 2 fully saturated rings. The summed E-state index contributed by atoms with van der Waals surface area (Å²) in [5.74, 6) is 1.32. The van der Waals surface area contributed by atoms with E-state index in [1.54, 1.807) is 16.0 Å². The number of fused-ring (bicyclic) bond motifs is 2. The van der Waals surface area contributed by atoms with Crippen molar-refractivity contribution in [3.8, 4) is 22.8 Å². The molecule has 5 heterocycles. The number of aromatic amines is 1. The highest BCUT2D eigenvalue weighted by molar-refractivity contribution is 6.04. The lowest BCUT2D eigenvalue weighted by Crippen LogP contribution is -2.55. The Kier molecular flexibility index (Phi) is 11.3. The maximum atomic E-state index is 13.5. The normalized spacial score (nSPS) is 21.4. The molecule has 6 atom stereocenters. The fourth-order valence-corrected chi connectivity index (χ4v) is 8.54. The summed E-state index contributed by atoms with van der Waals surface area (Å²) in [5, 5.41) is 25.5. The van der Waals surface area contributed by atoms with Gasteiger partial charge in [0.05, 0.1) is 50.4 Å². The van der Waals surface area contributed by atoms with Gasteiger partial charge in [0, 0.05) is 53.5 Å². The Hall–Kier alpha value is -5.74. The molecule has 0 saturated carbocycles. The molecular weight excluding hydrogens is 747 g/mol. The number of ether oxygens (including phenoxy) is 3. The van der Waals surface area contributed by atoms with Crippen LogP contribution in [0.3, 0.4) is 0 Å². The number of hydrogen-bond donors (Lipinski definition) is 5. The van der Waals surface area contributed by atoms with E-state index in [1.807, 2.05) is 24.4 Å². The van der Waals surface area contributed by atoms with Crippen LogP contribution in [-0.2, 0) is 24.5 Å². The SMILES string of the molecule is COC(=O)N[C@H](C(=O)N1CCC[C@H]1C1=NC=C(c2ccc3c(c2)Oc2ccc(-c4cnc([C@@H]5CCCN5C(=O)[C@@H](NC(=O)OC)[C@H](C)O)[nH]4)cc2C3(C)C)C1)[C@H](C)O. The smallest absolute Gasteiger partial charge is 0.407 e. The zero-order valence-corrected chi connectivity index (χ0v) is 33.6. The molecule has 0 unspecified atom stereocenters. The van der Waals surface area contributed by atoms with Crippen molar-refractivity contribution in [2.45, 2.75) is 102 Å². The van der Waals surface area contributed by atoms with E-state index in [0.29, 0.717) is 31.8 Å². The number of amides is 4. The molecule has 0 radical (unpaired) electrons. The number of aromatic nitrogens is 2. The molecule has 0 bridgehead atoms. The van der Waals surface area contributed by atoms with Crippen molar-refractivity contribution in [1.29, 1.82) is 0 Å². The average Bonchev–Trinajstić information content (AvgIpc) is 4.05. The summed E-state index contributed by atoms with van der Waals surface area (Å²) in [6, 6.07) is 9.34. The van der Waals surface area contributed by atoms with E-state index in [1.165, 1.54) is 28.1 Å². The topological polar surface area (TPSA) is 208 Å². The van der Waals surface area contributed by atoms with Gasteiger partial charge in [0.2, 0.25) is 11.8 Å². The van der Waals surface area contributed by atoms with Crippen LogP contribution < -0.4 is 15.4 Å². The molecule has 4 aliphatic rings. The van der Waals surface area contributed by atoms with E-state index in [2.05, 4.69) is 62.1 Å². The lowest BCUT2D eigenvalue weighted by atomic mass is 9.75. The van der Waals surface area contributed by atoms with E-state index < -0.39 is 47.8 Å². The third kappa shape index (κ3) is 7.65. The Morgan fingerprint density at radius 1 is 0.845 bits per heavy atom. The molecule has 5 N–H and O–H groups in total. The predicted molar refractivity (Wildman–Crippen MR) is 213 cm³/mol. The predicted octanol–water partition coefficient (Wildman–Crippen LogP) is 4.56. The van der Waals surface area contributed by atoms with Gasteiger partial charge in [-0.05, 0) is 74.9 Å². The highest BCUT2D eigenvalue weighted by Crippen LogP contribution is 2.50. The van der Waals surface area contributed by atoms with Crippen molar-refractivity contribution in [1.82, 2.24) is 30.4 Å². The number of likely N-dealkylation sites (tertiary alicyclic amines) is 2. The molecule has 1 aromatic heterocycles. The maximum Gasteiger partial charge on any atom is 0.407 e. The number of carbonyl (C=O) groups is 4. The minimum absolute atomic E-state index is 0.251. The van der Waals surface area contributed by atoms with Crippen LogP contribution in [0.5, 0.6) is 11.5 Å². The molecule has 4 aliphatic heterocycles. The maximum absolute atomic E-state index is 13.5. The summed E-state index contributed by atoms with van der Waals surface area (Å²) in [4.78, 5) is 67.0. The van der Waals surface area contributed by atoms with Crippen molar-refractivity contribution in [2.75, 3.05) is 27.3 Å². The standard InChI is InChI=1S/C42H51N7O9/c1-22(50)35(46-40(54)56-5)38(52)48-15-7-9-31(48)29-18-26(20-43-29)24-11-13-27-34(19-24)58-33-14-12-25(17-28(33)42(27,3)4)30-21-44-37(45-30)32-10-8-16-49(32)39(53)36(23(2)51)47-41(55)57-6/h11-14,17,19-23,31-32,35-36,50-51H,7-10,15-16,18H2,1-6H3,(H,44,45)(H,46,54)(H,47,55)/t22-,23-,31-,32-,35-,36-/m0/s1. The van der Waals surface area contributed by atoms with Gasteiger partial charge in [-0.2, -0.15) is 0 Å². The molecule has 16 heteroatoms. The summed E-state index contributed by atoms with van der Waals surface area (Å²) in [6.07, 6.45) is 3.27. The van der Waals surface area contributed by atoms with Gasteiger partial charge in [0.15, 0.2) is 0 Å². The van der Waals surface area contributed by atoms with Crippen LogP contribution in [0.1, 0.15) is 88.4 Å². The quantitative estimate of drug-likeness (QED) is 0.193. The van der Waals surface area contributed by atoms with Gasteiger partial charge >= 0.3 is 12.2 Å². The first kappa shape index (κ1) is 40.5. The number of imidazole rings is 1. The number of allylic oxidation sites excluding steroid dienone is 1. The number of hydrogen-bond acceptors (Lipinski definition) is 11. The zero-order chi connectivity index (χ0) is 41.5. The number of aliphatic imine (C=N–C) groups is 1. The summed E-state index contributed by atoms with van der Waals surface area (Å²) in [7, 11) is 2.41. The Balaban J connectivity index is 1.05. The minimum Gasteiger partial charge on any atom is -0.457 e. The molecule has 7 rings (SSSR count). The number of alkyl carbamates (subject to hydrolysis) is 2. The number of nitrogens with one attached hydrogen (secondary N) is 3. The van der Waals surface area contributed by atoms with E-state index in [4.69, 9.17) is 9.73 Å². The Morgan fingerprint density at radius 3 is 2.07 bits per heavy atom. The van der Waals surface area contributed by atoms with Crippen LogP contribution >= 0.6 is 0 Å². The van der Waals surface area contributed by atoms with Gasteiger partial charge in [-0.25, -0.2) is 14.6 Å². The third-order valence-electron chi connectivity index (χ3n) is 11.7. The molecule has 308 valence electrons. The number of aliphatic hydroxyl groups is 2. The Bertz CT molecular complexity index is 2160. The fourth-order valence-electron chi connectivity index (χ4n) is 8.54. The van der Waals surface area contributed by atoms with E-state index in [9.17, 15) is 29.4 Å². The van der Waals surface area contributed by atoms with Crippen LogP contribution in [0.4, 0.5) is 9.59 Å². The molecule has 16 nitrogen and oxygen atoms in total. The molecule has 4 amide bonds. The molecule has 3 aromatic rings. The molecule has 58 heavy (non-hydrogen) atoms. The third-order valence-corrected chi connectivity index (χ3v) is 11.7. The first-order valence-corrected chi connectivity index (χ1v) is 19.7. The van der Waals surface area contributed by atoms with E-state index in [-0.39, 0.29) is 18.0 Å². The molecule has 2 aromatic carbocycles. The monoisotopic (exact) mass is 797 g/mol. The number of benzene rings is 2. The van der Waals surface area contributed by atoms with Gasteiger partial charge in [-0.3, -0.25) is 14.6 Å². The summed E-state index contributed by atoms with van der Waals surface area (Å²) in [5.41, 5.74) is 6.10. The number of carbonyl (C=O) groups excluding carboxylic acids is 4. The van der Waals surface area contributed by atoms with E-state index >= 15 is 0 Å². The van der Waals surface area contributed by atoms with Gasteiger partial charge in [-0.1, -0.05) is 26.0 Å². The number of rotatable bonds is 10. The lowest BCUT2D eigenvalue weighted by Gasteiger charge is -2.35. The first-order valence-electron chi connectivity index (χ1n) is 19.7.